The number of allylic oxidation sites excluding steroid dienone is 1. The van der Waals surface area contributed by atoms with Crippen molar-refractivity contribution in [3.63, 3.8) is 0 Å². The van der Waals surface area contributed by atoms with Gasteiger partial charge in [-0.15, -0.1) is 0 Å². The van der Waals surface area contributed by atoms with Gasteiger partial charge < -0.3 is 20.7 Å². The van der Waals surface area contributed by atoms with Crippen LogP contribution in [0.5, 0.6) is 11.5 Å². The number of hydrogen-bond donors (Lipinski definition) is 3. The van der Waals surface area contributed by atoms with E-state index >= 15 is 0 Å². The molecule has 1 atom stereocenters. The fraction of sp³-hybridized carbons (Fsp3) is 0.595. The first-order chi connectivity index (χ1) is 20.4. The molecule has 1 unspecified atom stereocenters. The summed E-state index contributed by atoms with van der Waals surface area (Å²) in [5.74, 6) is -2.55. The number of hydrogen-bond acceptors (Lipinski definition) is 5. The first-order valence-corrected chi connectivity index (χ1v) is 16.7. The highest BCUT2D eigenvalue weighted by Crippen LogP contribution is 2.27. The Morgan fingerprint density at radius 3 is 1.69 bits per heavy atom. The Bertz CT molecular complexity index is 1030. The lowest BCUT2D eigenvalue weighted by atomic mass is 10.0. The Hall–Kier alpha value is -2.79. The van der Waals surface area contributed by atoms with Gasteiger partial charge in [0.2, 0.25) is 5.78 Å². The molecule has 2 aromatic carbocycles. The van der Waals surface area contributed by atoms with Gasteiger partial charge in [-0.3, -0.25) is 4.79 Å². The highest BCUT2D eigenvalue weighted by atomic mass is 16.6. The molecule has 0 saturated carbocycles. The molecule has 0 saturated heterocycles. The third kappa shape index (κ3) is 13.9. The number of aryl methyl sites for hydroxylation is 1. The summed E-state index contributed by atoms with van der Waals surface area (Å²) in [6.45, 7) is 3.99. The highest BCUT2D eigenvalue weighted by molar-refractivity contribution is 6.03. The van der Waals surface area contributed by atoms with E-state index in [0.29, 0.717) is 5.75 Å². The third-order valence-corrected chi connectivity index (χ3v) is 8.02. The van der Waals surface area contributed by atoms with Gasteiger partial charge in [0.05, 0.1) is 5.69 Å². The number of carbonyl (C=O) groups excluding carboxylic acids is 1. The van der Waals surface area contributed by atoms with Gasteiger partial charge in [-0.1, -0.05) is 134 Å². The number of anilines is 1. The molecule has 0 aromatic heterocycles. The zero-order valence-electron chi connectivity index (χ0n) is 26.4. The molecule has 42 heavy (non-hydrogen) atoms. The van der Waals surface area contributed by atoms with E-state index in [9.17, 15) is 15.0 Å². The van der Waals surface area contributed by atoms with Crippen molar-refractivity contribution in [2.24, 2.45) is 0 Å². The van der Waals surface area contributed by atoms with Crippen molar-refractivity contribution in [3.8, 4) is 11.5 Å². The van der Waals surface area contributed by atoms with E-state index in [-0.39, 0.29) is 17.0 Å². The van der Waals surface area contributed by atoms with Crippen molar-refractivity contribution in [1.29, 1.82) is 0 Å². The number of nitrogens with two attached hydrogens (primary N) is 1. The number of phenols is 1. The summed E-state index contributed by atoms with van der Waals surface area (Å²) in [6, 6.07) is 11.6. The molecule has 0 aliphatic heterocycles. The molecule has 0 fully saturated rings. The largest absolute Gasteiger partial charge is 0.506 e. The van der Waals surface area contributed by atoms with Gasteiger partial charge in [-0.2, -0.15) is 0 Å². The van der Waals surface area contributed by atoms with Crippen LogP contribution >= 0.6 is 0 Å². The molecule has 0 spiro atoms. The van der Waals surface area contributed by atoms with Gasteiger partial charge >= 0.3 is 0 Å². The molecule has 0 aliphatic carbocycles. The molecule has 2 rings (SSSR count). The fourth-order valence-electron chi connectivity index (χ4n) is 5.42. The van der Waals surface area contributed by atoms with Crippen molar-refractivity contribution in [2.75, 3.05) is 5.73 Å². The number of benzene rings is 2. The maximum absolute atomic E-state index is 13.0. The number of aromatic hydroxyl groups is 1. The molecule has 234 valence electrons. The Morgan fingerprint density at radius 2 is 1.24 bits per heavy atom. The number of Topliss-reactive ketones (excluding diaryl/α,β-unsaturated/α-hetero) is 1. The van der Waals surface area contributed by atoms with Crippen LogP contribution in [-0.4, -0.2) is 21.8 Å². The van der Waals surface area contributed by atoms with Crippen LogP contribution < -0.4 is 10.5 Å². The zero-order valence-corrected chi connectivity index (χ0v) is 26.4. The summed E-state index contributed by atoms with van der Waals surface area (Å²) in [5, 5.41) is 20.7. The second-order valence-electron chi connectivity index (χ2n) is 11.8. The van der Waals surface area contributed by atoms with E-state index < -0.39 is 11.6 Å². The van der Waals surface area contributed by atoms with E-state index in [1.807, 2.05) is 12.1 Å². The standard InChI is InChI=1S/C37H57NO4/c1-3-5-6-7-8-9-10-11-12-13-14-15-16-17-18-19-20-21-22-31-23-26-33(27-24-31)42-37(41,29-4-2)36(40)32-25-28-35(39)34(38)30-32/h4,23-30,39,41H,3,5-22,38H2,1-2H3. The number of nitrogen functional groups attached to an aromatic ring is 1. The van der Waals surface area contributed by atoms with Gasteiger partial charge in [0.1, 0.15) is 11.5 Å². The van der Waals surface area contributed by atoms with Crippen molar-refractivity contribution in [2.45, 2.75) is 142 Å². The fourth-order valence-corrected chi connectivity index (χ4v) is 5.42. The van der Waals surface area contributed by atoms with Gasteiger partial charge in [-0.25, -0.2) is 0 Å². The average Bonchev–Trinajstić information content (AvgIpc) is 2.98. The van der Waals surface area contributed by atoms with Crippen LogP contribution in [-0.2, 0) is 6.42 Å². The first-order valence-electron chi connectivity index (χ1n) is 16.7. The van der Waals surface area contributed by atoms with Crippen molar-refractivity contribution in [3.05, 3.63) is 65.7 Å². The SMILES string of the molecule is CC=CC(O)(Oc1ccc(CCCCCCCCCCCCCCCCCCCC)cc1)C(=O)c1ccc(O)c(N)c1. The quantitative estimate of drug-likeness (QED) is 0.0287. The lowest BCUT2D eigenvalue weighted by Gasteiger charge is -2.25. The number of rotatable bonds is 24. The smallest absolute Gasteiger partial charge is 0.292 e. The zero-order chi connectivity index (χ0) is 30.5. The minimum absolute atomic E-state index is 0.0626. The van der Waals surface area contributed by atoms with Gasteiger partial charge in [0.25, 0.3) is 5.79 Å². The van der Waals surface area contributed by atoms with Crippen LogP contribution in [0.3, 0.4) is 0 Å². The minimum Gasteiger partial charge on any atom is -0.506 e. The van der Waals surface area contributed by atoms with Gasteiger partial charge in [-0.05, 0) is 61.7 Å². The van der Waals surface area contributed by atoms with E-state index in [0.717, 1.165) is 12.8 Å². The number of aliphatic hydroxyl groups is 1. The van der Waals surface area contributed by atoms with E-state index in [1.165, 1.54) is 139 Å². The summed E-state index contributed by atoms with van der Waals surface area (Å²) in [7, 11) is 0. The molecular weight excluding hydrogens is 522 g/mol. The molecule has 0 aliphatic rings. The molecule has 0 amide bonds. The molecule has 5 nitrogen and oxygen atoms in total. The topological polar surface area (TPSA) is 92.8 Å². The Balaban J connectivity index is 1.56. The van der Waals surface area contributed by atoms with E-state index in [4.69, 9.17) is 10.5 Å². The van der Waals surface area contributed by atoms with Crippen LogP contribution in [0.2, 0.25) is 0 Å². The van der Waals surface area contributed by atoms with Crippen LogP contribution in [0, 0.1) is 0 Å². The Morgan fingerprint density at radius 1 is 0.762 bits per heavy atom. The number of carbonyl (C=O) groups is 1. The van der Waals surface area contributed by atoms with Gasteiger partial charge in [0, 0.05) is 5.56 Å². The second kappa shape index (κ2) is 21.0. The number of ketones is 1. The number of phenolic OH excluding ortho intramolecular Hbond substituents is 1. The lowest BCUT2D eigenvalue weighted by Crippen LogP contribution is -2.42. The minimum atomic E-state index is -2.17. The summed E-state index contributed by atoms with van der Waals surface area (Å²) < 4.78 is 5.74. The van der Waals surface area contributed by atoms with E-state index in [1.54, 1.807) is 25.1 Å². The average molecular weight is 580 g/mol. The number of unbranched alkanes of at least 4 members (excludes halogenated alkanes) is 17. The maximum Gasteiger partial charge on any atom is 0.292 e. The predicted molar refractivity (Wildman–Crippen MR) is 176 cm³/mol. The summed E-state index contributed by atoms with van der Waals surface area (Å²) in [5.41, 5.74) is 7.15. The molecule has 4 N–H and O–H groups in total. The van der Waals surface area contributed by atoms with Crippen LogP contribution in [0.25, 0.3) is 0 Å². The number of ether oxygens (including phenoxy) is 1. The predicted octanol–water partition coefficient (Wildman–Crippen LogP) is 10.1. The lowest BCUT2D eigenvalue weighted by molar-refractivity contribution is -0.0629. The second-order valence-corrected chi connectivity index (χ2v) is 11.8. The molecule has 0 bridgehead atoms. The summed E-state index contributed by atoms with van der Waals surface area (Å²) in [4.78, 5) is 13.0. The summed E-state index contributed by atoms with van der Waals surface area (Å²) in [6.07, 6.45) is 28.6. The molecule has 0 radical (unpaired) electrons. The van der Waals surface area contributed by atoms with Crippen molar-refractivity contribution < 1.29 is 19.7 Å². The van der Waals surface area contributed by atoms with Crippen LogP contribution in [0.1, 0.15) is 145 Å². The van der Waals surface area contributed by atoms with Crippen molar-refractivity contribution in [1.82, 2.24) is 0 Å². The van der Waals surface area contributed by atoms with Gasteiger partial charge in [0.15, 0.2) is 0 Å². The third-order valence-electron chi connectivity index (χ3n) is 8.02. The summed E-state index contributed by atoms with van der Waals surface area (Å²) >= 11 is 0. The molecule has 2 aromatic rings. The van der Waals surface area contributed by atoms with Crippen LogP contribution in [0.4, 0.5) is 5.69 Å². The Kier molecular flexibility index (Phi) is 17.7. The highest BCUT2D eigenvalue weighted by Gasteiger charge is 2.36. The molecule has 0 heterocycles. The van der Waals surface area contributed by atoms with Crippen LogP contribution in [0.15, 0.2) is 54.6 Å². The Labute approximate surface area is 255 Å². The molecule has 5 heteroatoms. The van der Waals surface area contributed by atoms with Crippen molar-refractivity contribution >= 4 is 11.5 Å². The first kappa shape index (κ1) is 35.4. The monoisotopic (exact) mass is 579 g/mol. The molecular formula is C37H57NO4. The van der Waals surface area contributed by atoms with E-state index in [2.05, 4.69) is 6.92 Å². The maximum atomic E-state index is 13.0. The normalized spacial score (nSPS) is 12.9.